The van der Waals surface area contributed by atoms with E-state index in [9.17, 15) is 0 Å². The molecule has 0 spiro atoms. The van der Waals surface area contributed by atoms with E-state index in [1.54, 1.807) is 6.33 Å². The van der Waals surface area contributed by atoms with Crippen LogP contribution in [0.3, 0.4) is 0 Å². The van der Waals surface area contributed by atoms with Crippen LogP contribution in [0.2, 0.25) is 0 Å². The van der Waals surface area contributed by atoms with Crippen LogP contribution in [0.1, 0.15) is 5.56 Å². The van der Waals surface area contributed by atoms with Crippen molar-refractivity contribution in [2.75, 3.05) is 53.2 Å². The van der Waals surface area contributed by atoms with Crippen LogP contribution in [0.25, 0.3) is 0 Å². The van der Waals surface area contributed by atoms with Crippen molar-refractivity contribution in [3.8, 4) is 0 Å². The van der Waals surface area contributed by atoms with Gasteiger partial charge in [-0.25, -0.2) is 15.0 Å². The van der Waals surface area contributed by atoms with Gasteiger partial charge >= 0.3 is 0 Å². The molecule has 2 aliphatic heterocycles. The van der Waals surface area contributed by atoms with Crippen LogP contribution in [0.15, 0.2) is 55.0 Å². The van der Waals surface area contributed by atoms with Crippen molar-refractivity contribution in [2.24, 2.45) is 0 Å². The minimum absolute atomic E-state index is 0.658. The SMILES string of the molecule is Nc1c(N2CCN(c3ccccn3)CC2)ncnc1N1CCc2ccccc21. The summed E-state index contributed by atoms with van der Waals surface area (Å²) in [5, 5.41) is 0. The summed E-state index contributed by atoms with van der Waals surface area (Å²) in [6, 6.07) is 14.5. The number of benzene rings is 1. The van der Waals surface area contributed by atoms with Crippen molar-refractivity contribution in [3.63, 3.8) is 0 Å². The van der Waals surface area contributed by atoms with Gasteiger partial charge in [0, 0.05) is 44.6 Å². The van der Waals surface area contributed by atoms with Crippen molar-refractivity contribution >= 4 is 28.8 Å². The van der Waals surface area contributed by atoms with Gasteiger partial charge in [-0.2, -0.15) is 0 Å². The molecule has 4 heterocycles. The Morgan fingerprint density at radius 1 is 0.750 bits per heavy atom. The molecule has 142 valence electrons. The van der Waals surface area contributed by atoms with Crippen LogP contribution in [-0.4, -0.2) is 47.7 Å². The number of hydrogen-bond acceptors (Lipinski definition) is 7. The number of fused-ring (bicyclic) bond motifs is 1. The highest BCUT2D eigenvalue weighted by Crippen LogP contribution is 2.38. The summed E-state index contributed by atoms with van der Waals surface area (Å²) < 4.78 is 0. The molecule has 0 amide bonds. The van der Waals surface area contributed by atoms with E-state index in [4.69, 9.17) is 5.73 Å². The lowest BCUT2D eigenvalue weighted by Gasteiger charge is -2.36. The molecule has 0 radical (unpaired) electrons. The van der Waals surface area contributed by atoms with Gasteiger partial charge in [-0.3, -0.25) is 0 Å². The monoisotopic (exact) mass is 373 g/mol. The van der Waals surface area contributed by atoms with E-state index in [1.807, 2.05) is 18.3 Å². The zero-order valence-electron chi connectivity index (χ0n) is 15.7. The van der Waals surface area contributed by atoms with Crippen LogP contribution < -0.4 is 20.4 Å². The van der Waals surface area contributed by atoms with Crippen LogP contribution >= 0.6 is 0 Å². The van der Waals surface area contributed by atoms with Crippen molar-refractivity contribution in [2.45, 2.75) is 6.42 Å². The van der Waals surface area contributed by atoms with Gasteiger partial charge in [0.25, 0.3) is 0 Å². The number of hydrogen-bond donors (Lipinski definition) is 1. The van der Waals surface area contributed by atoms with E-state index in [1.165, 1.54) is 11.3 Å². The molecule has 2 N–H and O–H groups in total. The number of pyridine rings is 1. The standard InChI is InChI=1S/C21H23N7/c22-19-20(27-13-11-26(12-14-27)18-7-3-4-9-23-18)24-15-25-21(19)28-10-8-16-5-1-2-6-17(16)28/h1-7,9,15H,8,10-14,22H2. The topological polar surface area (TPSA) is 74.4 Å². The van der Waals surface area contributed by atoms with Crippen molar-refractivity contribution in [3.05, 3.63) is 60.6 Å². The van der Waals surface area contributed by atoms with Crippen LogP contribution in [0, 0.1) is 0 Å². The second-order valence-electron chi connectivity index (χ2n) is 7.13. The number of rotatable bonds is 3. The lowest BCUT2D eigenvalue weighted by molar-refractivity contribution is 0.642. The van der Waals surface area contributed by atoms with Crippen LogP contribution in [-0.2, 0) is 6.42 Å². The molecule has 0 unspecified atom stereocenters. The first kappa shape index (κ1) is 16.8. The first-order valence-electron chi connectivity index (χ1n) is 9.68. The molecule has 0 bridgehead atoms. The summed E-state index contributed by atoms with van der Waals surface area (Å²) in [5.41, 5.74) is 9.75. The van der Waals surface area contributed by atoms with Gasteiger partial charge in [-0.05, 0) is 30.2 Å². The van der Waals surface area contributed by atoms with E-state index in [0.29, 0.717) is 5.69 Å². The quantitative estimate of drug-likeness (QED) is 0.756. The maximum atomic E-state index is 6.56. The molecule has 0 aliphatic carbocycles. The number of nitrogen functional groups attached to an aromatic ring is 1. The smallest absolute Gasteiger partial charge is 0.161 e. The predicted molar refractivity (Wildman–Crippen MR) is 112 cm³/mol. The Bertz CT molecular complexity index is 967. The van der Waals surface area contributed by atoms with E-state index in [2.05, 4.69) is 60.0 Å². The normalized spacial score (nSPS) is 16.4. The third-order valence-electron chi connectivity index (χ3n) is 5.54. The van der Waals surface area contributed by atoms with Crippen molar-refractivity contribution in [1.82, 2.24) is 15.0 Å². The lowest BCUT2D eigenvalue weighted by Crippen LogP contribution is -2.47. The summed E-state index contributed by atoms with van der Waals surface area (Å²) >= 11 is 0. The molecule has 2 aromatic heterocycles. The first-order chi connectivity index (χ1) is 13.8. The Balaban J connectivity index is 1.37. The number of aromatic nitrogens is 3. The van der Waals surface area contributed by atoms with E-state index in [-0.39, 0.29) is 0 Å². The molecule has 5 rings (SSSR count). The van der Waals surface area contributed by atoms with Gasteiger partial charge in [0.2, 0.25) is 0 Å². The molecule has 1 saturated heterocycles. The Labute approximate surface area is 164 Å². The fraction of sp³-hybridized carbons (Fsp3) is 0.286. The van der Waals surface area contributed by atoms with Gasteiger partial charge in [0.05, 0.1) is 0 Å². The molecule has 0 atom stereocenters. The maximum Gasteiger partial charge on any atom is 0.161 e. The molecule has 28 heavy (non-hydrogen) atoms. The summed E-state index contributed by atoms with van der Waals surface area (Å²) in [7, 11) is 0. The number of anilines is 5. The Kier molecular flexibility index (Phi) is 4.20. The molecule has 2 aliphatic rings. The Hall–Kier alpha value is -3.35. The van der Waals surface area contributed by atoms with E-state index in [0.717, 1.165) is 56.6 Å². The highest BCUT2D eigenvalue weighted by atomic mass is 15.3. The van der Waals surface area contributed by atoms with Crippen LogP contribution in [0.5, 0.6) is 0 Å². The van der Waals surface area contributed by atoms with Gasteiger partial charge < -0.3 is 20.4 Å². The zero-order valence-corrected chi connectivity index (χ0v) is 15.7. The highest BCUT2D eigenvalue weighted by Gasteiger charge is 2.26. The summed E-state index contributed by atoms with van der Waals surface area (Å²) in [6.07, 6.45) is 4.48. The first-order valence-corrected chi connectivity index (χ1v) is 9.68. The molecular weight excluding hydrogens is 350 g/mol. The van der Waals surface area contributed by atoms with E-state index < -0.39 is 0 Å². The predicted octanol–water partition coefficient (Wildman–Crippen LogP) is 2.47. The lowest BCUT2D eigenvalue weighted by atomic mass is 10.2. The minimum Gasteiger partial charge on any atom is -0.393 e. The number of para-hydroxylation sites is 1. The molecule has 7 heteroatoms. The second kappa shape index (κ2) is 6.99. The Morgan fingerprint density at radius 2 is 1.50 bits per heavy atom. The van der Waals surface area contributed by atoms with Gasteiger partial charge in [0.15, 0.2) is 11.6 Å². The fourth-order valence-electron chi connectivity index (χ4n) is 4.09. The molecule has 3 aromatic rings. The zero-order chi connectivity index (χ0) is 18.9. The van der Waals surface area contributed by atoms with E-state index >= 15 is 0 Å². The molecular formula is C21H23N7. The summed E-state index contributed by atoms with van der Waals surface area (Å²) in [4.78, 5) is 20.2. The van der Waals surface area contributed by atoms with Gasteiger partial charge in [0.1, 0.15) is 17.8 Å². The number of piperazine rings is 1. The highest BCUT2D eigenvalue weighted by molar-refractivity contribution is 5.81. The van der Waals surface area contributed by atoms with Gasteiger partial charge in [-0.15, -0.1) is 0 Å². The van der Waals surface area contributed by atoms with Crippen molar-refractivity contribution < 1.29 is 0 Å². The van der Waals surface area contributed by atoms with Crippen LogP contribution in [0.4, 0.5) is 28.8 Å². The average Bonchev–Trinajstić information content (AvgIpc) is 3.19. The molecule has 1 fully saturated rings. The third-order valence-corrected chi connectivity index (χ3v) is 5.54. The fourth-order valence-corrected chi connectivity index (χ4v) is 4.09. The largest absolute Gasteiger partial charge is 0.393 e. The van der Waals surface area contributed by atoms with Gasteiger partial charge in [-0.1, -0.05) is 24.3 Å². The average molecular weight is 373 g/mol. The molecule has 0 saturated carbocycles. The van der Waals surface area contributed by atoms with Crippen molar-refractivity contribution in [1.29, 1.82) is 0 Å². The Morgan fingerprint density at radius 3 is 2.32 bits per heavy atom. The number of nitrogens with two attached hydrogens (primary N) is 1. The molecule has 7 nitrogen and oxygen atoms in total. The number of nitrogens with zero attached hydrogens (tertiary/aromatic N) is 6. The summed E-state index contributed by atoms with van der Waals surface area (Å²) in [5.74, 6) is 2.66. The minimum atomic E-state index is 0.658. The maximum absolute atomic E-state index is 6.56. The third kappa shape index (κ3) is 2.89. The summed E-state index contributed by atoms with van der Waals surface area (Å²) in [6.45, 7) is 4.39. The molecule has 1 aromatic carbocycles. The second-order valence-corrected chi connectivity index (χ2v) is 7.13.